The van der Waals surface area contributed by atoms with Crippen LogP contribution in [0.1, 0.15) is 5.56 Å². The molecule has 0 bridgehead atoms. The Bertz CT molecular complexity index is 1180. The van der Waals surface area contributed by atoms with E-state index in [-0.39, 0.29) is 16.6 Å². The molecule has 3 aromatic rings. The summed E-state index contributed by atoms with van der Waals surface area (Å²) in [6, 6.07) is 9.58. The molecule has 0 saturated carbocycles. The van der Waals surface area contributed by atoms with E-state index in [4.69, 9.17) is 9.47 Å². The molecule has 2 aromatic carbocycles. The standard InChI is InChI=1S/C19H15F3N4O4S/c20-19(21,22)12-3-1-2-4-13(12)23-16(27)10-31-18-25-24-17(28)26(18)11-5-6-14-15(9-11)30-8-7-29-14/h1-6,9H,7-8,10H2,(H,23,27)(H,24,28). The maximum absolute atomic E-state index is 13.1. The van der Waals surface area contributed by atoms with Gasteiger partial charge in [-0.15, -0.1) is 5.10 Å². The molecule has 8 nitrogen and oxygen atoms in total. The number of benzene rings is 2. The number of nitrogens with zero attached hydrogens (tertiary/aromatic N) is 2. The fourth-order valence-corrected chi connectivity index (χ4v) is 3.69. The maximum atomic E-state index is 13.1. The first-order valence-corrected chi connectivity index (χ1v) is 9.98. The lowest BCUT2D eigenvalue weighted by Gasteiger charge is -2.19. The van der Waals surface area contributed by atoms with Gasteiger partial charge in [-0.05, 0) is 24.3 Å². The van der Waals surface area contributed by atoms with E-state index in [9.17, 15) is 22.8 Å². The van der Waals surface area contributed by atoms with Crippen LogP contribution in [0.15, 0.2) is 52.4 Å². The van der Waals surface area contributed by atoms with Crippen molar-refractivity contribution in [1.29, 1.82) is 0 Å². The molecule has 0 radical (unpaired) electrons. The molecule has 0 spiro atoms. The first-order valence-electron chi connectivity index (χ1n) is 8.99. The second-order valence-corrected chi connectivity index (χ2v) is 7.30. The molecule has 0 fully saturated rings. The Labute approximate surface area is 177 Å². The van der Waals surface area contributed by atoms with Crippen molar-refractivity contribution in [1.82, 2.24) is 14.8 Å². The monoisotopic (exact) mass is 452 g/mol. The predicted molar refractivity (Wildman–Crippen MR) is 106 cm³/mol. The van der Waals surface area contributed by atoms with Gasteiger partial charge in [0, 0.05) is 6.07 Å². The molecule has 12 heteroatoms. The Kier molecular flexibility index (Phi) is 5.63. The Morgan fingerprint density at radius 1 is 1.16 bits per heavy atom. The summed E-state index contributed by atoms with van der Waals surface area (Å²) in [6.07, 6.45) is -4.60. The summed E-state index contributed by atoms with van der Waals surface area (Å²) >= 11 is 0.896. The average molecular weight is 452 g/mol. The number of fused-ring (bicyclic) bond motifs is 1. The summed E-state index contributed by atoms with van der Waals surface area (Å²) < 4.78 is 51.5. The van der Waals surface area contributed by atoms with E-state index in [1.165, 1.54) is 22.8 Å². The quantitative estimate of drug-likeness (QED) is 0.578. The van der Waals surface area contributed by atoms with Crippen LogP contribution in [0.25, 0.3) is 5.69 Å². The van der Waals surface area contributed by atoms with Crippen LogP contribution in [-0.4, -0.2) is 39.6 Å². The number of hydrogen-bond acceptors (Lipinski definition) is 6. The number of thioether (sulfide) groups is 1. The van der Waals surface area contributed by atoms with Gasteiger partial charge in [0.2, 0.25) is 5.91 Å². The third-order valence-corrected chi connectivity index (χ3v) is 5.20. The Morgan fingerprint density at radius 3 is 2.68 bits per heavy atom. The number of rotatable bonds is 5. The van der Waals surface area contributed by atoms with Crippen LogP contribution >= 0.6 is 11.8 Å². The number of hydrogen-bond donors (Lipinski definition) is 2. The van der Waals surface area contributed by atoms with Crippen LogP contribution in [0.2, 0.25) is 0 Å². The summed E-state index contributed by atoms with van der Waals surface area (Å²) in [5.74, 6) is 0.0738. The highest BCUT2D eigenvalue weighted by Gasteiger charge is 2.33. The van der Waals surface area contributed by atoms with Crippen molar-refractivity contribution in [3.63, 3.8) is 0 Å². The van der Waals surface area contributed by atoms with Gasteiger partial charge in [0.25, 0.3) is 0 Å². The molecule has 162 valence electrons. The lowest BCUT2D eigenvalue weighted by Crippen LogP contribution is -2.20. The van der Waals surface area contributed by atoms with Crippen molar-refractivity contribution in [2.75, 3.05) is 24.3 Å². The summed E-state index contributed by atoms with van der Waals surface area (Å²) in [5, 5.41) is 8.62. The van der Waals surface area contributed by atoms with Gasteiger partial charge in [-0.3, -0.25) is 4.79 Å². The molecule has 2 heterocycles. The van der Waals surface area contributed by atoms with Gasteiger partial charge in [-0.1, -0.05) is 23.9 Å². The van der Waals surface area contributed by atoms with Gasteiger partial charge < -0.3 is 14.8 Å². The molecule has 0 atom stereocenters. The van der Waals surface area contributed by atoms with Crippen LogP contribution in [0.5, 0.6) is 11.5 Å². The van der Waals surface area contributed by atoms with Crippen LogP contribution < -0.4 is 20.5 Å². The molecule has 0 saturated heterocycles. The topological polar surface area (TPSA) is 98.2 Å². The molecule has 2 N–H and O–H groups in total. The van der Waals surface area contributed by atoms with Crippen LogP contribution in [0, 0.1) is 0 Å². The average Bonchev–Trinajstić information content (AvgIpc) is 3.12. The minimum absolute atomic E-state index is 0.168. The fourth-order valence-electron chi connectivity index (χ4n) is 2.93. The molecule has 4 rings (SSSR count). The van der Waals surface area contributed by atoms with Crippen molar-refractivity contribution >= 4 is 23.4 Å². The van der Waals surface area contributed by atoms with Crippen molar-refractivity contribution < 1.29 is 27.4 Å². The zero-order chi connectivity index (χ0) is 22.0. The maximum Gasteiger partial charge on any atom is 0.418 e. The van der Waals surface area contributed by atoms with E-state index in [0.29, 0.717) is 30.4 Å². The number of halogens is 3. The summed E-state index contributed by atoms with van der Waals surface area (Å²) in [5.41, 5.74) is -1.39. The predicted octanol–water partition coefficient (Wildman–Crippen LogP) is 3.08. The number of alkyl halides is 3. The second kappa shape index (κ2) is 8.38. The lowest BCUT2D eigenvalue weighted by molar-refractivity contribution is -0.137. The van der Waals surface area contributed by atoms with Gasteiger partial charge in [0.05, 0.1) is 22.7 Å². The van der Waals surface area contributed by atoms with Crippen molar-refractivity contribution in [3.05, 3.63) is 58.5 Å². The van der Waals surface area contributed by atoms with Crippen LogP contribution in [0.3, 0.4) is 0 Å². The van der Waals surface area contributed by atoms with Gasteiger partial charge in [0.1, 0.15) is 13.2 Å². The van der Waals surface area contributed by atoms with E-state index in [0.717, 1.165) is 17.8 Å². The highest BCUT2D eigenvalue weighted by Crippen LogP contribution is 2.35. The number of amides is 1. The Morgan fingerprint density at radius 2 is 1.90 bits per heavy atom. The van der Waals surface area contributed by atoms with Crippen molar-refractivity contribution in [3.8, 4) is 17.2 Å². The smallest absolute Gasteiger partial charge is 0.418 e. The Balaban J connectivity index is 1.50. The van der Waals surface area contributed by atoms with Gasteiger partial charge in [-0.25, -0.2) is 14.5 Å². The molecule has 1 aliphatic rings. The number of H-pyrrole nitrogens is 1. The number of para-hydroxylation sites is 1. The highest BCUT2D eigenvalue weighted by atomic mass is 32.2. The molecular weight excluding hydrogens is 437 g/mol. The minimum atomic E-state index is -4.60. The zero-order valence-electron chi connectivity index (χ0n) is 15.7. The summed E-state index contributed by atoms with van der Waals surface area (Å²) in [4.78, 5) is 24.5. The highest BCUT2D eigenvalue weighted by molar-refractivity contribution is 7.99. The molecule has 1 aliphatic heterocycles. The number of ether oxygens (including phenoxy) is 2. The molecular formula is C19H15F3N4O4S. The second-order valence-electron chi connectivity index (χ2n) is 6.35. The molecule has 31 heavy (non-hydrogen) atoms. The summed E-state index contributed by atoms with van der Waals surface area (Å²) in [7, 11) is 0. The first kappa shape index (κ1) is 20.8. The van der Waals surface area contributed by atoms with E-state index < -0.39 is 23.3 Å². The number of nitrogens with one attached hydrogen (secondary N) is 2. The van der Waals surface area contributed by atoms with E-state index >= 15 is 0 Å². The SMILES string of the molecule is O=C(CSc1n[nH]c(=O)n1-c1ccc2c(c1)OCCO2)Nc1ccccc1C(F)(F)F. The van der Waals surface area contributed by atoms with Crippen molar-refractivity contribution in [2.45, 2.75) is 11.3 Å². The van der Waals surface area contributed by atoms with Gasteiger partial charge in [0.15, 0.2) is 16.7 Å². The number of aromatic nitrogens is 3. The third-order valence-electron chi connectivity index (χ3n) is 4.26. The number of anilines is 1. The van der Waals surface area contributed by atoms with Crippen LogP contribution in [-0.2, 0) is 11.0 Å². The van der Waals surface area contributed by atoms with E-state index in [1.807, 2.05) is 0 Å². The van der Waals surface area contributed by atoms with E-state index in [1.54, 1.807) is 18.2 Å². The molecule has 0 unspecified atom stereocenters. The van der Waals surface area contributed by atoms with Crippen molar-refractivity contribution in [2.24, 2.45) is 0 Å². The number of aromatic amines is 1. The van der Waals surface area contributed by atoms with Gasteiger partial charge >= 0.3 is 11.9 Å². The minimum Gasteiger partial charge on any atom is -0.486 e. The molecule has 1 amide bonds. The first-order chi connectivity index (χ1) is 14.8. The molecule has 0 aliphatic carbocycles. The number of carbonyl (C=O) groups excluding carboxylic acids is 1. The molecule has 1 aromatic heterocycles. The Hall–Kier alpha value is -3.41. The van der Waals surface area contributed by atoms with E-state index in [2.05, 4.69) is 15.5 Å². The van der Waals surface area contributed by atoms with Gasteiger partial charge in [-0.2, -0.15) is 13.2 Å². The van der Waals surface area contributed by atoms with Crippen LogP contribution in [0.4, 0.5) is 18.9 Å². The summed E-state index contributed by atoms with van der Waals surface area (Å²) in [6.45, 7) is 0.795. The third kappa shape index (κ3) is 4.53. The number of carbonyl (C=O) groups is 1. The zero-order valence-corrected chi connectivity index (χ0v) is 16.5. The lowest BCUT2D eigenvalue weighted by atomic mass is 10.1. The normalized spacial score (nSPS) is 13.1. The fraction of sp³-hybridized carbons (Fsp3) is 0.211. The largest absolute Gasteiger partial charge is 0.486 e.